The number of rotatable bonds is 7. The largest absolute Gasteiger partial charge is 0.487 e. The highest BCUT2D eigenvalue weighted by Gasteiger charge is 2.27. The Morgan fingerprint density at radius 2 is 1.94 bits per heavy atom. The van der Waals surface area contributed by atoms with Crippen molar-refractivity contribution >= 4 is 68.0 Å². The molecule has 4 rings (SSSR count). The molecule has 2 N–H and O–H groups in total. The average molecular weight is 635 g/mol. The number of amides is 1. The Morgan fingerprint density at radius 1 is 1.15 bits per heavy atom. The standard InChI is InChI=1S/C26H24BrIN2O2S/c1-3-17-7-9-20(10-8-17)29-26-30-25(31)23(33-26)14-19-12-21(27)24(22(28)13-19)32-15-18-6-4-5-16(2)11-18/h4-14,26,29H,3,15H2,1-2H3,(H,30,31)/b23-14-/t26-/m1/s1. The summed E-state index contributed by atoms with van der Waals surface area (Å²) in [6.07, 6.45) is 2.92. The third kappa shape index (κ3) is 6.33. The Labute approximate surface area is 220 Å². The molecule has 4 nitrogen and oxygen atoms in total. The minimum atomic E-state index is -0.198. The maximum Gasteiger partial charge on any atom is 0.260 e. The molecule has 0 saturated carbocycles. The summed E-state index contributed by atoms with van der Waals surface area (Å²) in [6, 6.07) is 20.6. The number of carbonyl (C=O) groups excluding carboxylic acids is 1. The van der Waals surface area contributed by atoms with Gasteiger partial charge in [0.05, 0.1) is 12.9 Å². The lowest BCUT2D eigenvalue weighted by atomic mass is 10.1. The molecule has 0 unspecified atom stereocenters. The Morgan fingerprint density at radius 3 is 2.64 bits per heavy atom. The topological polar surface area (TPSA) is 50.4 Å². The monoisotopic (exact) mass is 634 g/mol. The Kier molecular flexibility index (Phi) is 8.03. The number of hydrogen-bond acceptors (Lipinski definition) is 4. The van der Waals surface area contributed by atoms with E-state index in [1.165, 1.54) is 22.9 Å². The number of ether oxygens (including phenoxy) is 1. The fourth-order valence-electron chi connectivity index (χ4n) is 3.46. The second-order valence-corrected chi connectivity index (χ2v) is 10.9. The molecule has 7 heteroatoms. The van der Waals surface area contributed by atoms with Gasteiger partial charge in [0.2, 0.25) is 0 Å². The van der Waals surface area contributed by atoms with Crippen molar-refractivity contribution < 1.29 is 9.53 Å². The Balaban J connectivity index is 1.44. The molecule has 1 heterocycles. The number of halogens is 2. The normalized spacial score (nSPS) is 16.7. The van der Waals surface area contributed by atoms with Crippen molar-refractivity contribution in [2.45, 2.75) is 32.4 Å². The molecular weight excluding hydrogens is 611 g/mol. The summed E-state index contributed by atoms with van der Waals surface area (Å²) in [6.45, 7) is 4.71. The highest BCUT2D eigenvalue weighted by molar-refractivity contribution is 14.1. The van der Waals surface area contributed by atoms with Crippen molar-refractivity contribution in [2.24, 2.45) is 0 Å². The maximum atomic E-state index is 12.5. The first-order valence-corrected chi connectivity index (χ1v) is 13.4. The molecule has 1 amide bonds. The quantitative estimate of drug-likeness (QED) is 0.215. The SMILES string of the molecule is CCc1ccc(N[C@@H]2NC(=O)/C(=C/c3cc(Br)c(OCc4cccc(C)c4)c(I)c3)S2)cc1. The van der Waals surface area contributed by atoms with Gasteiger partial charge in [-0.05, 0) is 98.9 Å². The Hall–Kier alpha value is -1.97. The van der Waals surface area contributed by atoms with Gasteiger partial charge in [-0.25, -0.2) is 0 Å². The van der Waals surface area contributed by atoms with Crippen LogP contribution >= 0.6 is 50.3 Å². The molecule has 3 aromatic rings. The van der Waals surface area contributed by atoms with Crippen LogP contribution in [0.4, 0.5) is 5.69 Å². The molecule has 0 aromatic heterocycles. The smallest absolute Gasteiger partial charge is 0.260 e. The third-order valence-corrected chi connectivity index (χ3v) is 7.59. The van der Waals surface area contributed by atoms with Gasteiger partial charge in [0.15, 0.2) is 5.50 Å². The Bertz CT molecular complexity index is 1170. The van der Waals surface area contributed by atoms with Crippen LogP contribution in [0.5, 0.6) is 5.75 Å². The van der Waals surface area contributed by atoms with E-state index in [0.29, 0.717) is 11.5 Å². The number of benzene rings is 3. The number of carbonyl (C=O) groups is 1. The highest BCUT2D eigenvalue weighted by Crippen LogP contribution is 2.35. The molecule has 1 atom stereocenters. The first-order valence-electron chi connectivity index (χ1n) is 10.6. The molecule has 3 aromatic carbocycles. The van der Waals surface area contributed by atoms with E-state index in [0.717, 1.165) is 37.0 Å². The minimum Gasteiger partial charge on any atom is -0.487 e. The van der Waals surface area contributed by atoms with Crippen LogP contribution in [-0.2, 0) is 17.8 Å². The van der Waals surface area contributed by atoms with Crippen LogP contribution in [0.3, 0.4) is 0 Å². The minimum absolute atomic E-state index is 0.0754. The van der Waals surface area contributed by atoms with Crippen LogP contribution in [-0.4, -0.2) is 11.4 Å². The lowest BCUT2D eigenvalue weighted by Crippen LogP contribution is -2.30. The van der Waals surface area contributed by atoms with Crippen LogP contribution in [0.15, 0.2) is 70.0 Å². The maximum absolute atomic E-state index is 12.5. The van der Waals surface area contributed by atoms with E-state index in [-0.39, 0.29) is 11.4 Å². The van der Waals surface area contributed by atoms with Gasteiger partial charge in [-0.3, -0.25) is 4.79 Å². The van der Waals surface area contributed by atoms with Crippen molar-refractivity contribution in [3.05, 3.63) is 95.9 Å². The second-order valence-electron chi connectivity index (χ2n) is 7.77. The van der Waals surface area contributed by atoms with E-state index in [4.69, 9.17) is 4.74 Å². The molecule has 170 valence electrons. The summed E-state index contributed by atoms with van der Waals surface area (Å²) in [5, 5.41) is 6.36. The summed E-state index contributed by atoms with van der Waals surface area (Å²) < 4.78 is 7.93. The third-order valence-electron chi connectivity index (χ3n) is 5.17. The van der Waals surface area contributed by atoms with Gasteiger partial charge in [0.1, 0.15) is 12.4 Å². The molecular formula is C26H24BrIN2O2S. The summed E-state index contributed by atoms with van der Waals surface area (Å²) in [5.74, 6) is 0.728. The van der Waals surface area contributed by atoms with E-state index < -0.39 is 0 Å². The first-order chi connectivity index (χ1) is 15.9. The number of thioether (sulfide) groups is 1. The molecule has 0 radical (unpaired) electrons. The number of aryl methyl sites for hydroxylation is 2. The van der Waals surface area contributed by atoms with E-state index in [1.54, 1.807) is 0 Å². The van der Waals surface area contributed by atoms with Gasteiger partial charge in [-0.15, -0.1) is 0 Å². The van der Waals surface area contributed by atoms with Crippen LogP contribution in [0, 0.1) is 10.5 Å². The molecule has 0 spiro atoms. The lowest BCUT2D eigenvalue weighted by molar-refractivity contribution is -0.116. The van der Waals surface area contributed by atoms with E-state index in [1.807, 2.05) is 36.4 Å². The van der Waals surface area contributed by atoms with E-state index >= 15 is 0 Å². The number of anilines is 1. The summed E-state index contributed by atoms with van der Waals surface area (Å²) in [4.78, 5) is 13.2. The second kappa shape index (κ2) is 11.0. The zero-order chi connectivity index (χ0) is 23.4. The van der Waals surface area contributed by atoms with Gasteiger partial charge in [-0.1, -0.05) is 60.6 Å². The lowest BCUT2D eigenvalue weighted by Gasteiger charge is -2.13. The summed E-state index contributed by atoms with van der Waals surface area (Å²) >= 11 is 7.40. The van der Waals surface area contributed by atoms with Crippen LogP contribution in [0.25, 0.3) is 6.08 Å². The van der Waals surface area contributed by atoms with Crippen LogP contribution in [0.1, 0.15) is 29.2 Å². The molecule has 1 fully saturated rings. The van der Waals surface area contributed by atoms with Crippen molar-refractivity contribution in [3.8, 4) is 5.75 Å². The van der Waals surface area contributed by atoms with Crippen LogP contribution in [0.2, 0.25) is 0 Å². The fraction of sp³-hybridized carbons (Fsp3) is 0.192. The van der Waals surface area contributed by atoms with Crippen molar-refractivity contribution in [1.29, 1.82) is 0 Å². The van der Waals surface area contributed by atoms with Gasteiger partial charge in [-0.2, -0.15) is 0 Å². The zero-order valence-corrected chi connectivity index (χ0v) is 22.9. The molecule has 33 heavy (non-hydrogen) atoms. The predicted molar refractivity (Wildman–Crippen MR) is 149 cm³/mol. The average Bonchev–Trinajstić information content (AvgIpc) is 3.12. The van der Waals surface area contributed by atoms with Gasteiger partial charge in [0.25, 0.3) is 5.91 Å². The fourth-order valence-corrected chi connectivity index (χ4v) is 6.22. The molecule has 1 aliphatic heterocycles. The van der Waals surface area contributed by atoms with Crippen molar-refractivity contribution in [1.82, 2.24) is 5.32 Å². The van der Waals surface area contributed by atoms with Crippen molar-refractivity contribution in [2.75, 3.05) is 5.32 Å². The zero-order valence-electron chi connectivity index (χ0n) is 18.3. The van der Waals surface area contributed by atoms with Crippen molar-refractivity contribution in [3.63, 3.8) is 0 Å². The van der Waals surface area contributed by atoms with Gasteiger partial charge < -0.3 is 15.4 Å². The number of hydrogen-bond donors (Lipinski definition) is 2. The van der Waals surface area contributed by atoms with Crippen LogP contribution < -0.4 is 15.4 Å². The molecule has 1 saturated heterocycles. The van der Waals surface area contributed by atoms with Gasteiger partial charge >= 0.3 is 0 Å². The predicted octanol–water partition coefficient (Wildman–Crippen LogP) is 7.10. The summed E-state index contributed by atoms with van der Waals surface area (Å²) in [5.41, 5.74) is 5.36. The highest BCUT2D eigenvalue weighted by atomic mass is 127. The van der Waals surface area contributed by atoms with Gasteiger partial charge in [0, 0.05) is 5.69 Å². The van der Waals surface area contributed by atoms with E-state index in [9.17, 15) is 4.79 Å². The molecule has 0 bridgehead atoms. The first kappa shape index (κ1) is 24.2. The summed E-state index contributed by atoms with van der Waals surface area (Å²) in [7, 11) is 0. The van der Waals surface area contributed by atoms with E-state index in [2.05, 4.69) is 93.3 Å². The molecule has 0 aliphatic carbocycles. The number of nitrogens with one attached hydrogen (secondary N) is 2. The molecule has 1 aliphatic rings.